The number of fused-ring (bicyclic) bond motifs is 3. The molecule has 0 saturated carbocycles. The second-order valence-electron chi connectivity index (χ2n) is 9.43. The van der Waals surface area contributed by atoms with E-state index >= 15 is 0 Å². The zero-order valence-corrected chi connectivity index (χ0v) is 23.8. The third-order valence-electron chi connectivity index (χ3n) is 6.65. The number of nitrogens with zero attached hydrogens (tertiary/aromatic N) is 4. The van der Waals surface area contributed by atoms with Crippen molar-refractivity contribution in [1.29, 1.82) is 0 Å². The van der Waals surface area contributed by atoms with Gasteiger partial charge in [0.15, 0.2) is 0 Å². The van der Waals surface area contributed by atoms with Gasteiger partial charge in [0.2, 0.25) is 17.7 Å². The zero-order valence-electron chi connectivity index (χ0n) is 21.6. The summed E-state index contributed by atoms with van der Waals surface area (Å²) in [5.41, 5.74) is 5.45. The lowest BCUT2D eigenvalue weighted by molar-refractivity contribution is -0.118. The molecule has 2 N–H and O–H groups in total. The number of hydrogen-bond acceptors (Lipinski definition) is 5. The predicted molar refractivity (Wildman–Crippen MR) is 158 cm³/mol. The summed E-state index contributed by atoms with van der Waals surface area (Å²) in [5, 5.41) is 13.6. The Balaban J connectivity index is 0.000000127. The molecule has 0 spiro atoms. The van der Waals surface area contributed by atoms with Gasteiger partial charge in [-0.05, 0) is 71.3 Å². The summed E-state index contributed by atoms with van der Waals surface area (Å²) >= 11 is 17.4. The number of carbonyl (C=O) groups is 3. The molecule has 3 amide bonds. The molecule has 210 valence electrons. The number of amides is 3. The number of aliphatic hydroxyl groups excluding tert-OH is 1. The highest BCUT2D eigenvalue weighted by atomic mass is 35.5. The molecule has 0 saturated heterocycles. The smallest absolute Gasteiger partial charge is 0.233 e. The number of rotatable bonds is 3. The van der Waals surface area contributed by atoms with Crippen LogP contribution in [0.5, 0.6) is 0 Å². The van der Waals surface area contributed by atoms with Gasteiger partial charge in [-0.25, -0.2) is 4.98 Å². The molecule has 3 aliphatic rings. The van der Waals surface area contributed by atoms with E-state index in [9.17, 15) is 14.4 Å². The summed E-state index contributed by atoms with van der Waals surface area (Å²) < 4.78 is 1.86. The van der Waals surface area contributed by atoms with Gasteiger partial charge in [0.25, 0.3) is 0 Å². The number of imidazole rings is 1. The van der Waals surface area contributed by atoms with Crippen LogP contribution in [0.25, 0.3) is 0 Å². The minimum absolute atomic E-state index is 0.0438. The largest absolute Gasteiger partial charge is 0.376 e. The van der Waals surface area contributed by atoms with Crippen LogP contribution in [0, 0.1) is 0 Å². The fourth-order valence-corrected chi connectivity index (χ4v) is 5.33. The van der Waals surface area contributed by atoms with Gasteiger partial charge >= 0.3 is 0 Å². The molecule has 0 bridgehead atoms. The van der Waals surface area contributed by atoms with Gasteiger partial charge in [-0.2, -0.15) is 0 Å². The molecule has 41 heavy (non-hydrogen) atoms. The Kier molecular flexibility index (Phi) is 8.60. The number of carbonyl (C=O) groups excluding carboxylic acids is 3. The third-order valence-corrected chi connectivity index (χ3v) is 7.35. The summed E-state index contributed by atoms with van der Waals surface area (Å²) in [7, 11) is 0. The van der Waals surface area contributed by atoms with Gasteiger partial charge in [0.05, 0.1) is 25.6 Å². The number of anilines is 3. The second-order valence-corrected chi connectivity index (χ2v) is 10.7. The topological polar surface area (TPSA) is 108 Å². The Labute approximate surface area is 250 Å². The Bertz CT molecular complexity index is 1630. The number of nitrogens with one attached hydrogen (secondary N) is 1. The Hall–Kier alpha value is -3.89. The van der Waals surface area contributed by atoms with Gasteiger partial charge in [0, 0.05) is 44.5 Å². The molecule has 3 aromatic carbocycles. The molecule has 9 nitrogen and oxygen atoms in total. The Morgan fingerprint density at radius 1 is 0.756 bits per heavy atom. The van der Waals surface area contributed by atoms with Crippen LogP contribution in [0.15, 0.2) is 73.3 Å². The molecule has 4 heterocycles. The van der Waals surface area contributed by atoms with Crippen molar-refractivity contribution >= 4 is 69.6 Å². The lowest BCUT2D eigenvalue weighted by atomic mass is 10.2. The van der Waals surface area contributed by atoms with Crippen LogP contribution in [0.2, 0.25) is 15.1 Å². The number of aliphatic hydroxyl groups is 1. The highest BCUT2D eigenvalue weighted by molar-refractivity contribution is 6.31. The van der Waals surface area contributed by atoms with E-state index in [4.69, 9.17) is 39.9 Å². The lowest BCUT2D eigenvalue weighted by Gasteiger charge is -2.17. The maximum atomic E-state index is 11.9. The molecule has 0 fully saturated rings. The monoisotopic (exact) mass is 611 g/mol. The van der Waals surface area contributed by atoms with Gasteiger partial charge in [0.1, 0.15) is 13.4 Å². The van der Waals surface area contributed by atoms with Crippen molar-refractivity contribution in [1.82, 2.24) is 9.55 Å². The van der Waals surface area contributed by atoms with Crippen molar-refractivity contribution in [3.8, 4) is 0 Å². The molecule has 3 aliphatic heterocycles. The summed E-state index contributed by atoms with van der Waals surface area (Å²) in [6, 6.07) is 16.2. The molecule has 0 unspecified atom stereocenters. The molecular weight excluding hydrogens is 589 g/mol. The molecule has 4 aromatic rings. The quantitative estimate of drug-likeness (QED) is 0.335. The van der Waals surface area contributed by atoms with Crippen molar-refractivity contribution in [2.24, 2.45) is 0 Å². The summed E-state index contributed by atoms with van der Waals surface area (Å²) in [5.74, 6) is 0.0537. The van der Waals surface area contributed by atoms with E-state index in [-0.39, 0.29) is 24.5 Å². The van der Waals surface area contributed by atoms with Gasteiger partial charge in [-0.3, -0.25) is 24.2 Å². The molecule has 0 atom stereocenters. The first-order valence-electron chi connectivity index (χ1n) is 12.5. The Morgan fingerprint density at radius 2 is 1.32 bits per heavy atom. The first-order chi connectivity index (χ1) is 19.7. The van der Waals surface area contributed by atoms with Crippen molar-refractivity contribution in [2.75, 3.05) is 21.8 Å². The van der Waals surface area contributed by atoms with E-state index in [1.54, 1.807) is 47.8 Å². The average molecular weight is 613 g/mol. The van der Waals surface area contributed by atoms with E-state index in [1.807, 2.05) is 35.0 Å². The molecule has 1 aromatic heterocycles. The summed E-state index contributed by atoms with van der Waals surface area (Å²) in [6.07, 6.45) is 6.43. The summed E-state index contributed by atoms with van der Waals surface area (Å²) in [6.45, 7) is 0.223. The van der Waals surface area contributed by atoms with Crippen LogP contribution < -0.4 is 15.1 Å². The van der Waals surface area contributed by atoms with Crippen LogP contribution in [-0.2, 0) is 40.3 Å². The molecular formula is C29H24Cl3N5O4. The third kappa shape index (κ3) is 6.55. The highest BCUT2D eigenvalue weighted by Gasteiger charge is 2.28. The molecule has 0 aliphatic carbocycles. The van der Waals surface area contributed by atoms with Gasteiger partial charge < -0.3 is 15.0 Å². The Morgan fingerprint density at radius 3 is 1.90 bits per heavy atom. The molecule has 7 rings (SSSR count). The number of halogens is 3. The molecule has 12 heteroatoms. The minimum atomic E-state index is -0.270. The second kappa shape index (κ2) is 12.3. The maximum Gasteiger partial charge on any atom is 0.233 e. The fourth-order valence-electron chi connectivity index (χ4n) is 4.75. The van der Waals surface area contributed by atoms with Crippen LogP contribution in [0.1, 0.15) is 16.7 Å². The average Bonchev–Trinajstić information content (AvgIpc) is 3.70. The fraction of sp³-hybridized carbons (Fsp3) is 0.172. The minimum Gasteiger partial charge on any atom is -0.376 e. The lowest BCUT2D eigenvalue weighted by Crippen LogP contribution is -2.28. The van der Waals surface area contributed by atoms with Crippen LogP contribution in [-0.4, -0.2) is 39.1 Å². The number of aromatic nitrogens is 2. The number of hydrogen-bond donors (Lipinski definition) is 2. The molecule has 0 radical (unpaired) electrons. The SMILES string of the molecule is O=C1Cc2cc(Cl)ccc2N1.O=C1Cc2cc(Cl)ccc2N1CO.O=C1Cc2cc(Cl)ccc2N1Cn1ccnc1. The van der Waals surface area contributed by atoms with E-state index in [2.05, 4.69) is 10.3 Å². The van der Waals surface area contributed by atoms with E-state index in [0.29, 0.717) is 41.0 Å². The van der Waals surface area contributed by atoms with Crippen LogP contribution >= 0.6 is 34.8 Å². The van der Waals surface area contributed by atoms with Crippen LogP contribution in [0.3, 0.4) is 0 Å². The van der Waals surface area contributed by atoms with Crippen molar-refractivity contribution in [2.45, 2.75) is 25.9 Å². The van der Waals surface area contributed by atoms with Gasteiger partial charge in [-0.15, -0.1) is 0 Å². The summed E-state index contributed by atoms with van der Waals surface area (Å²) in [4.78, 5) is 41.1. The van der Waals surface area contributed by atoms with E-state index in [1.165, 1.54) is 4.90 Å². The maximum absolute atomic E-state index is 11.9. The van der Waals surface area contributed by atoms with Crippen LogP contribution in [0.4, 0.5) is 17.1 Å². The van der Waals surface area contributed by atoms with Crippen molar-refractivity contribution in [3.63, 3.8) is 0 Å². The van der Waals surface area contributed by atoms with Crippen molar-refractivity contribution in [3.05, 3.63) is 105 Å². The zero-order chi connectivity index (χ0) is 29.1. The normalized spacial score (nSPS) is 14.5. The first kappa shape index (κ1) is 28.6. The van der Waals surface area contributed by atoms with Crippen molar-refractivity contribution < 1.29 is 19.5 Å². The first-order valence-corrected chi connectivity index (χ1v) is 13.7. The standard InChI is InChI=1S/C12H10ClN3O.C9H8ClNO2.C8H6ClNO/c13-10-1-2-11-9(5-10)6-12(17)16(11)8-15-4-3-14-7-15;10-7-1-2-8-6(3-7)4-9(13)11(8)5-12;9-6-1-2-7-5(3-6)4-8(11)10-7/h1-5,7H,6,8H2;1-3,12H,4-5H2;1-3H,4H2,(H,10,11). The van der Waals surface area contributed by atoms with E-state index < -0.39 is 0 Å². The van der Waals surface area contributed by atoms with Gasteiger partial charge in [-0.1, -0.05) is 34.8 Å². The van der Waals surface area contributed by atoms with E-state index in [0.717, 1.165) is 33.8 Å². The predicted octanol–water partition coefficient (Wildman–Crippen LogP) is 5.10. The number of benzene rings is 3. The highest BCUT2D eigenvalue weighted by Crippen LogP contribution is 2.32.